The minimum Gasteiger partial charge on any atom is -0.367 e. The van der Waals surface area contributed by atoms with Crippen LogP contribution in [0.15, 0.2) is 28.8 Å². The molecule has 102 valence electrons. The topological polar surface area (TPSA) is 64.9 Å². The summed E-state index contributed by atoms with van der Waals surface area (Å²) in [4.78, 5) is 5.40. The van der Waals surface area contributed by atoms with Gasteiger partial charge in [-0.2, -0.15) is 0 Å². The fraction of sp³-hybridized carbons (Fsp3) is 0.143. The third-order valence-electron chi connectivity index (χ3n) is 2.97. The standard InChI is InChI=1S/C14H12ClN3OS/c1-7-13(20-8(2)17-7)12-11(14(16)19-18-12)9-3-5-10(15)6-4-9/h3-6H,16H2,1-2H3. The van der Waals surface area contributed by atoms with Crippen molar-refractivity contribution in [1.29, 1.82) is 0 Å². The van der Waals surface area contributed by atoms with Gasteiger partial charge in [0.25, 0.3) is 0 Å². The fourth-order valence-corrected chi connectivity index (χ4v) is 3.14. The number of rotatable bonds is 2. The number of hydrogen-bond donors (Lipinski definition) is 1. The number of thiazole rings is 1. The summed E-state index contributed by atoms with van der Waals surface area (Å²) in [6.45, 7) is 3.92. The number of hydrogen-bond acceptors (Lipinski definition) is 5. The Kier molecular flexibility index (Phi) is 3.23. The maximum absolute atomic E-state index is 5.93. The van der Waals surface area contributed by atoms with E-state index in [1.165, 1.54) is 0 Å². The second kappa shape index (κ2) is 4.92. The first kappa shape index (κ1) is 13.1. The average Bonchev–Trinajstić information content (AvgIpc) is 2.93. The van der Waals surface area contributed by atoms with Gasteiger partial charge in [0.05, 0.1) is 21.1 Å². The fourth-order valence-electron chi connectivity index (χ4n) is 2.10. The van der Waals surface area contributed by atoms with Gasteiger partial charge in [-0.25, -0.2) is 4.98 Å². The Hall–Kier alpha value is -1.85. The molecule has 1 aromatic carbocycles. The second-order valence-electron chi connectivity index (χ2n) is 4.42. The van der Waals surface area contributed by atoms with Crippen molar-refractivity contribution in [2.24, 2.45) is 0 Å². The molecule has 0 bridgehead atoms. The second-order valence-corrected chi connectivity index (χ2v) is 6.06. The van der Waals surface area contributed by atoms with E-state index in [-0.39, 0.29) is 0 Å². The largest absolute Gasteiger partial charge is 0.367 e. The van der Waals surface area contributed by atoms with Gasteiger partial charge in [-0.3, -0.25) is 0 Å². The molecule has 4 nitrogen and oxygen atoms in total. The minimum atomic E-state index is 0.299. The summed E-state index contributed by atoms with van der Waals surface area (Å²) in [5, 5.41) is 5.76. The quantitative estimate of drug-likeness (QED) is 0.766. The van der Waals surface area contributed by atoms with Crippen LogP contribution in [0.1, 0.15) is 10.7 Å². The van der Waals surface area contributed by atoms with Crippen molar-refractivity contribution in [2.75, 3.05) is 5.73 Å². The molecule has 0 radical (unpaired) electrons. The molecule has 0 aliphatic rings. The van der Waals surface area contributed by atoms with E-state index in [0.717, 1.165) is 32.4 Å². The smallest absolute Gasteiger partial charge is 0.230 e. The molecule has 6 heteroatoms. The van der Waals surface area contributed by atoms with Crippen LogP contribution in [0.25, 0.3) is 21.7 Å². The molecule has 0 spiro atoms. The van der Waals surface area contributed by atoms with Crippen LogP contribution in [0.2, 0.25) is 5.02 Å². The van der Waals surface area contributed by atoms with Crippen LogP contribution in [0.4, 0.5) is 5.88 Å². The van der Waals surface area contributed by atoms with E-state index in [1.54, 1.807) is 11.3 Å². The highest BCUT2D eigenvalue weighted by Gasteiger charge is 2.21. The normalized spacial score (nSPS) is 10.9. The number of nitrogens with zero attached hydrogens (tertiary/aromatic N) is 2. The first-order valence-electron chi connectivity index (χ1n) is 6.01. The van der Waals surface area contributed by atoms with Crippen molar-refractivity contribution >= 4 is 28.8 Å². The van der Waals surface area contributed by atoms with Gasteiger partial charge >= 0.3 is 0 Å². The highest BCUT2D eigenvalue weighted by atomic mass is 35.5. The summed E-state index contributed by atoms with van der Waals surface area (Å²) >= 11 is 7.50. The molecule has 2 aromatic heterocycles. The zero-order chi connectivity index (χ0) is 14.3. The van der Waals surface area contributed by atoms with Crippen LogP contribution >= 0.6 is 22.9 Å². The van der Waals surface area contributed by atoms with Gasteiger partial charge in [0.1, 0.15) is 5.69 Å². The van der Waals surface area contributed by atoms with E-state index in [0.29, 0.717) is 10.9 Å². The highest BCUT2D eigenvalue weighted by molar-refractivity contribution is 7.15. The molecule has 0 saturated heterocycles. The lowest BCUT2D eigenvalue weighted by atomic mass is 10.0. The maximum atomic E-state index is 5.93. The van der Waals surface area contributed by atoms with Crippen LogP contribution in [0.3, 0.4) is 0 Å². The molecule has 2 N–H and O–H groups in total. The van der Waals surface area contributed by atoms with Gasteiger partial charge in [0.15, 0.2) is 0 Å². The number of aryl methyl sites for hydroxylation is 2. The number of aromatic nitrogens is 2. The Morgan fingerprint density at radius 2 is 1.90 bits per heavy atom. The van der Waals surface area contributed by atoms with E-state index in [1.807, 2.05) is 38.1 Å². The third kappa shape index (κ3) is 2.19. The molecule has 20 heavy (non-hydrogen) atoms. The number of benzene rings is 1. The summed E-state index contributed by atoms with van der Waals surface area (Å²) in [7, 11) is 0. The molecule has 0 amide bonds. The van der Waals surface area contributed by atoms with E-state index in [4.69, 9.17) is 21.9 Å². The first-order valence-corrected chi connectivity index (χ1v) is 7.21. The molecule has 0 aliphatic heterocycles. The molecule has 2 heterocycles. The number of halogens is 1. The first-order chi connectivity index (χ1) is 9.56. The van der Waals surface area contributed by atoms with Gasteiger partial charge in [-0.15, -0.1) is 11.3 Å². The monoisotopic (exact) mass is 305 g/mol. The Morgan fingerprint density at radius 1 is 1.20 bits per heavy atom. The van der Waals surface area contributed by atoms with E-state index >= 15 is 0 Å². The number of anilines is 1. The predicted molar refractivity (Wildman–Crippen MR) is 81.9 cm³/mol. The lowest BCUT2D eigenvalue weighted by Gasteiger charge is -2.02. The third-order valence-corrected chi connectivity index (χ3v) is 4.30. The Labute approximate surface area is 125 Å². The van der Waals surface area contributed by atoms with Gasteiger partial charge in [-0.05, 0) is 31.5 Å². The van der Waals surface area contributed by atoms with Gasteiger partial charge in [0.2, 0.25) is 5.88 Å². The molecular formula is C14H12ClN3OS. The van der Waals surface area contributed by atoms with E-state index in [2.05, 4.69) is 10.1 Å². The molecule has 3 aromatic rings. The maximum Gasteiger partial charge on any atom is 0.230 e. The van der Waals surface area contributed by atoms with Crippen LogP contribution in [-0.2, 0) is 0 Å². The van der Waals surface area contributed by atoms with Gasteiger partial charge in [0, 0.05) is 5.02 Å². The van der Waals surface area contributed by atoms with Crippen molar-refractivity contribution in [3.8, 4) is 21.7 Å². The highest BCUT2D eigenvalue weighted by Crippen LogP contribution is 2.40. The lowest BCUT2D eigenvalue weighted by Crippen LogP contribution is -1.87. The number of nitrogens with two attached hydrogens (primary N) is 1. The van der Waals surface area contributed by atoms with Crippen molar-refractivity contribution in [1.82, 2.24) is 10.1 Å². The summed E-state index contributed by atoms with van der Waals surface area (Å²) in [6, 6.07) is 7.44. The zero-order valence-electron chi connectivity index (χ0n) is 11.0. The van der Waals surface area contributed by atoms with Crippen LogP contribution < -0.4 is 5.73 Å². The summed E-state index contributed by atoms with van der Waals surface area (Å²) in [6.07, 6.45) is 0. The van der Waals surface area contributed by atoms with Crippen molar-refractivity contribution in [2.45, 2.75) is 13.8 Å². The molecule has 0 unspecified atom stereocenters. The summed E-state index contributed by atoms with van der Waals surface area (Å²) in [5.41, 5.74) is 9.29. The van der Waals surface area contributed by atoms with Crippen molar-refractivity contribution in [3.05, 3.63) is 40.0 Å². The van der Waals surface area contributed by atoms with E-state index in [9.17, 15) is 0 Å². The molecule has 0 fully saturated rings. The average molecular weight is 306 g/mol. The zero-order valence-corrected chi connectivity index (χ0v) is 12.5. The predicted octanol–water partition coefficient (Wildman–Crippen LogP) is 4.32. The Balaban J connectivity index is 2.19. The van der Waals surface area contributed by atoms with Gasteiger partial charge < -0.3 is 10.3 Å². The van der Waals surface area contributed by atoms with Gasteiger partial charge in [-0.1, -0.05) is 28.9 Å². The summed E-state index contributed by atoms with van der Waals surface area (Å²) in [5.74, 6) is 0.299. The minimum absolute atomic E-state index is 0.299. The molecular weight excluding hydrogens is 294 g/mol. The Bertz CT molecular complexity index is 761. The van der Waals surface area contributed by atoms with Crippen molar-refractivity contribution < 1.29 is 4.52 Å². The Morgan fingerprint density at radius 3 is 2.50 bits per heavy atom. The molecule has 3 rings (SSSR count). The molecule has 0 saturated carbocycles. The SMILES string of the molecule is Cc1nc(C)c(-c2noc(N)c2-c2ccc(Cl)cc2)s1. The van der Waals surface area contributed by atoms with E-state index < -0.39 is 0 Å². The lowest BCUT2D eigenvalue weighted by molar-refractivity contribution is 0.439. The number of nitrogen functional groups attached to an aromatic ring is 1. The van der Waals surface area contributed by atoms with Crippen LogP contribution in [0.5, 0.6) is 0 Å². The molecule has 0 atom stereocenters. The molecule has 0 aliphatic carbocycles. The van der Waals surface area contributed by atoms with Crippen LogP contribution in [-0.4, -0.2) is 10.1 Å². The summed E-state index contributed by atoms with van der Waals surface area (Å²) < 4.78 is 5.17. The van der Waals surface area contributed by atoms with Crippen molar-refractivity contribution in [3.63, 3.8) is 0 Å². The van der Waals surface area contributed by atoms with Crippen LogP contribution in [0, 0.1) is 13.8 Å².